The molecule has 0 aliphatic rings. The second-order valence-electron chi connectivity index (χ2n) is 6.19. The van der Waals surface area contributed by atoms with Gasteiger partial charge in [0.15, 0.2) is 0 Å². The van der Waals surface area contributed by atoms with Crippen molar-refractivity contribution in [1.29, 1.82) is 0 Å². The van der Waals surface area contributed by atoms with E-state index in [2.05, 4.69) is 10.3 Å². The molecule has 0 fully saturated rings. The summed E-state index contributed by atoms with van der Waals surface area (Å²) in [6.45, 7) is 4.48. The van der Waals surface area contributed by atoms with E-state index in [1.54, 1.807) is 5.38 Å². The molecule has 1 aromatic heterocycles. The monoisotopic (exact) mass is 376 g/mol. The topological polar surface area (TPSA) is 88.5 Å². The first-order valence-corrected chi connectivity index (χ1v) is 9.56. The molecule has 0 radical (unpaired) electrons. The number of aromatic nitrogens is 1. The minimum Gasteiger partial charge on any atom is -0.491 e. The maximum Gasteiger partial charge on any atom is 0.303 e. The molecule has 26 heavy (non-hydrogen) atoms. The lowest BCUT2D eigenvalue weighted by Gasteiger charge is -2.09. The second-order valence-corrected chi connectivity index (χ2v) is 7.05. The summed E-state index contributed by atoms with van der Waals surface area (Å²) in [6, 6.07) is 7.66. The summed E-state index contributed by atoms with van der Waals surface area (Å²) in [5.41, 5.74) is 1.34. The number of unbranched alkanes of at least 4 members (excludes halogenated alkanes) is 2. The number of benzene rings is 1. The van der Waals surface area contributed by atoms with E-state index in [1.165, 1.54) is 11.3 Å². The first-order chi connectivity index (χ1) is 12.5. The lowest BCUT2D eigenvalue weighted by atomic mass is 10.2. The molecule has 0 aliphatic carbocycles. The zero-order chi connectivity index (χ0) is 18.9. The maximum absolute atomic E-state index is 12.1. The van der Waals surface area contributed by atoms with Gasteiger partial charge in [0.1, 0.15) is 16.5 Å². The molecule has 0 atom stereocenters. The third-order valence-corrected chi connectivity index (χ3v) is 4.45. The Bertz CT molecular complexity index is 725. The van der Waals surface area contributed by atoms with Crippen molar-refractivity contribution in [1.82, 2.24) is 10.3 Å². The highest BCUT2D eigenvalue weighted by Gasteiger charge is 2.11. The number of nitrogens with zero attached hydrogens (tertiary/aromatic N) is 1. The van der Waals surface area contributed by atoms with Crippen molar-refractivity contribution in [2.45, 2.75) is 45.6 Å². The minimum absolute atomic E-state index is 0.125. The number of aliphatic carboxylic acids is 1. The van der Waals surface area contributed by atoms with Crippen LogP contribution in [0.15, 0.2) is 29.6 Å². The average molecular weight is 376 g/mol. The number of nitrogens with one attached hydrogen (secondary N) is 1. The Hall–Kier alpha value is -2.41. The van der Waals surface area contributed by atoms with Gasteiger partial charge in [-0.2, -0.15) is 0 Å². The van der Waals surface area contributed by atoms with Crippen LogP contribution in [0.5, 0.6) is 5.75 Å². The lowest BCUT2D eigenvalue weighted by Crippen LogP contribution is -2.24. The number of amides is 1. The van der Waals surface area contributed by atoms with Gasteiger partial charge in [0.2, 0.25) is 0 Å². The summed E-state index contributed by atoms with van der Waals surface area (Å²) in [7, 11) is 0. The van der Waals surface area contributed by atoms with E-state index >= 15 is 0 Å². The fourth-order valence-electron chi connectivity index (χ4n) is 2.33. The van der Waals surface area contributed by atoms with Crippen LogP contribution in [0.2, 0.25) is 0 Å². The maximum atomic E-state index is 12.1. The first-order valence-electron chi connectivity index (χ1n) is 8.68. The van der Waals surface area contributed by atoms with Gasteiger partial charge in [-0.15, -0.1) is 11.3 Å². The molecular weight excluding hydrogens is 352 g/mol. The molecule has 1 heterocycles. The van der Waals surface area contributed by atoms with E-state index in [9.17, 15) is 9.59 Å². The van der Waals surface area contributed by atoms with Gasteiger partial charge < -0.3 is 15.2 Å². The van der Waals surface area contributed by atoms with Gasteiger partial charge in [-0.1, -0.05) is 6.42 Å². The van der Waals surface area contributed by atoms with Crippen LogP contribution in [0.3, 0.4) is 0 Å². The molecular formula is C19H24N2O4S. The van der Waals surface area contributed by atoms with Gasteiger partial charge >= 0.3 is 5.97 Å². The summed E-state index contributed by atoms with van der Waals surface area (Å²) in [4.78, 5) is 26.9. The third-order valence-electron chi connectivity index (χ3n) is 3.56. The highest BCUT2D eigenvalue weighted by atomic mass is 32.1. The average Bonchev–Trinajstić information content (AvgIpc) is 3.08. The third kappa shape index (κ3) is 6.48. The van der Waals surface area contributed by atoms with Gasteiger partial charge in [-0.25, -0.2) is 4.98 Å². The molecule has 2 rings (SSSR count). The number of hydrogen-bond acceptors (Lipinski definition) is 5. The summed E-state index contributed by atoms with van der Waals surface area (Å²) < 4.78 is 5.62. The molecule has 1 aromatic carbocycles. The number of hydrogen-bond donors (Lipinski definition) is 2. The molecule has 7 heteroatoms. The Morgan fingerprint density at radius 3 is 2.58 bits per heavy atom. The molecule has 140 valence electrons. The van der Waals surface area contributed by atoms with Crippen molar-refractivity contribution in [2.24, 2.45) is 0 Å². The van der Waals surface area contributed by atoms with Crippen LogP contribution < -0.4 is 10.1 Å². The Labute approximate surface area is 157 Å². The molecule has 0 saturated carbocycles. The van der Waals surface area contributed by atoms with E-state index in [0.717, 1.165) is 29.2 Å². The SMILES string of the molecule is CC(C)Oc1ccc(-c2nc(C(=O)NCCCCCC(=O)O)cs2)cc1. The Morgan fingerprint density at radius 1 is 1.19 bits per heavy atom. The van der Waals surface area contributed by atoms with Gasteiger partial charge in [0.25, 0.3) is 5.91 Å². The van der Waals surface area contributed by atoms with Crippen molar-refractivity contribution >= 4 is 23.2 Å². The number of carboxylic acids is 1. The summed E-state index contributed by atoms with van der Waals surface area (Å²) in [6.07, 6.45) is 2.46. The minimum atomic E-state index is -0.784. The number of carboxylic acid groups (broad SMARTS) is 1. The van der Waals surface area contributed by atoms with Crippen molar-refractivity contribution in [3.05, 3.63) is 35.3 Å². The van der Waals surface area contributed by atoms with Crippen LogP contribution in [-0.2, 0) is 4.79 Å². The molecule has 0 bridgehead atoms. The molecule has 0 aliphatic heterocycles. The van der Waals surface area contributed by atoms with Crippen molar-refractivity contribution in [2.75, 3.05) is 6.54 Å². The molecule has 0 spiro atoms. The van der Waals surface area contributed by atoms with Crippen LogP contribution in [0.25, 0.3) is 10.6 Å². The highest BCUT2D eigenvalue weighted by Crippen LogP contribution is 2.26. The van der Waals surface area contributed by atoms with Gasteiger partial charge in [-0.3, -0.25) is 9.59 Å². The fourth-order valence-corrected chi connectivity index (χ4v) is 3.14. The quantitative estimate of drug-likeness (QED) is 0.613. The van der Waals surface area contributed by atoms with Crippen molar-refractivity contribution in [3.8, 4) is 16.3 Å². The number of rotatable bonds is 10. The number of ether oxygens (including phenoxy) is 1. The van der Waals surface area contributed by atoms with E-state index in [4.69, 9.17) is 9.84 Å². The van der Waals surface area contributed by atoms with Crippen LogP contribution in [-0.4, -0.2) is 34.6 Å². The predicted molar refractivity (Wildman–Crippen MR) is 102 cm³/mol. The van der Waals surface area contributed by atoms with Crippen LogP contribution in [0, 0.1) is 0 Å². The second kappa shape index (κ2) is 9.91. The van der Waals surface area contributed by atoms with Gasteiger partial charge in [-0.05, 0) is 51.0 Å². The van der Waals surface area contributed by atoms with Crippen LogP contribution >= 0.6 is 11.3 Å². The first kappa shape index (κ1) is 19.9. The zero-order valence-electron chi connectivity index (χ0n) is 15.0. The van der Waals surface area contributed by atoms with Gasteiger partial charge in [0, 0.05) is 23.9 Å². The standard InChI is InChI=1S/C19H24N2O4S/c1-13(2)25-15-9-7-14(8-10-15)19-21-16(12-26-19)18(24)20-11-5-3-4-6-17(22)23/h7-10,12-13H,3-6,11H2,1-2H3,(H,20,24)(H,22,23). The lowest BCUT2D eigenvalue weighted by molar-refractivity contribution is -0.137. The zero-order valence-corrected chi connectivity index (χ0v) is 15.8. The number of thiazole rings is 1. The largest absolute Gasteiger partial charge is 0.491 e. The molecule has 1 amide bonds. The summed E-state index contributed by atoms with van der Waals surface area (Å²) in [5, 5.41) is 13.9. The molecule has 0 saturated heterocycles. The fraction of sp³-hybridized carbons (Fsp3) is 0.421. The van der Waals surface area contributed by atoms with E-state index in [1.807, 2.05) is 38.1 Å². The van der Waals surface area contributed by atoms with Crippen molar-refractivity contribution in [3.63, 3.8) is 0 Å². The smallest absolute Gasteiger partial charge is 0.303 e. The van der Waals surface area contributed by atoms with Crippen molar-refractivity contribution < 1.29 is 19.4 Å². The van der Waals surface area contributed by atoms with E-state index < -0.39 is 5.97 Å². The molecule has 0 unspecified atom stereocenters. The molecule has 6 nitrogen and oxygen atoms in total. The van der Waals surface area contributed by atoms with Crippen LogP contribution in [0.1, 0.15) is 50.0 Å². The predicted octanol–water partition coefficient (Wildman–Crippen LogP) is 3.97. The summed E-state index contributed by atoms with van der Waals surface area (Å²) >= 11 is 1.42. The Morgan fingerprint density at radius 2 is 1.92 bits per heavy atom. The van der Waals surface area contributed by atoms with Gasteiger partial charge in [0.05, 0.1) is 6.10 Å². The molecule has 2 aromatic rings. The highest BCUT2D eigenvalue weighted by molar-refractivity contribution is 7.13. The number of carbonyl (C=O) groups is 2. The normalized spacial score (nSPS) is 10.7. The Balaban J connectivity index is 1.82. The summed E-state index contributed by atoms with van der Waals surface area (Å²) in [5.74, 6) is -0.181. The van der Waals surface area contributed by atoms with Crippen LogP contribution in [0.4, 0.5) is 0 Å². The number of carbonyl (C=O) groups excluding carboxylic acids is 1. The Kier molecular flexibility index (Phi) is 7.59. The van der Waals surface area contributed by atoms with E-state index in [0.29, 0.717) is 18.7 Å². The van der Waals surface area contributed by atoms with E-state index in [-0.39, 0.29) is 18.4 Å². The molecule has 2 N–H and O–H groups in total.